The zero-order valence-electron chi connectivity index (χ0n) is 9.67. The summed E-state index contributed by atoms with van der Waals surface area (Å²) in [5.41, 5.74) is 1.33. The maximum absolute atomic E-state index is 4.55. The number of anilines is 1. The van der Waals surface area contributed by atoms with Crippen LogP contribution in [0.15, 0.2) is 22.7 Å². The predicted octanol–water partition coefficient (Wildman–Crippen LogP) is 4.52. The molecule has 1 N–H and O–H groups in total. The molecule has 0 saturated heterocycles. The average molecular weight is 299 g/mol. The molecule has 0 spiro atoms. The van der Waals surface area contributed by atoms with Crippen molar-refractivity contribution in [3.05, 3.63) is 22.7 Å². The monoisotopic (exact) mass is 298 g/mol. The smallest absolute Gasteiger partial charge is 0.183 e. The lowest BCUT2D eigenvalue weighted by molar-refractivity contribution is 0.443. The van der Waals surface area contributed by atoms with E-state index in [0.717, 1.165) is 21.7 Å². The minimum absolute atomic E-state index is 0.276. The predicted molar refractivity (Wildman–Crippen MR) is 75.3 cm³/mol. The number of halogens is 1. The Bertz CT molecular complexity index is 499. The fourth-order valence-electron chi connectivity index (χ4n) is 1.32. The van der Waals surface area contributed by atoms with Crippen LogP contribution >= 0.6 is 27.3 Å². The van der Waals surface area contributed by atoms with E-state index in [0.29, 0.717) is 0 Å². The summed E-state index contributed by atoms with van der Waals surface area (Å²) in [6.45, 7) is 7.58. The van der Waals surface area contributed by atoms with E-state index < -0.39 is 0 Å². The van der Waals surface area contributed by atoms with Gasteiger partial charge >= 0.3 is 0 Å². The number of nitrogens with zero attached hydrogens (tertiary/aromatic N) is 1. The molecule has 0 amide bonds. The summed E-state index contributed by atoms with van der Waals surface area (Å²) in [7, 11) is 0. The molecule has 4 heteroatoms. The first-order valence-electron chi connectivity index (χ1n) is 5.24. The summed E-state index contributed by atoms with van der Waals surface area (Å²) in [6.07, 6.45) is 0. The molecule has 0 atom stereocenters. The van der Waals surface area contributed by atoms with E-state index in [1.54, 1.807) is 11.3 Å². The molecule has 0 saturated carbocycles. The zero-order valence-corrected chi connectivity index (χ0v) is 12.1. The average Bonchev–Trinajstić information content (AvgIpc) is 2.55. The summed E-state index contributed by atoms with van der Waals surface area (Å²) in [5.74, 6) is 0. The number of hydrogen-bond acceptors (Lipinski definition) is 3. The summed E-state index contributed by atoms with van der Waals surface area (Å²) >= 11 is 5.16. The molecular weight excluding hydrogens is 284 g/mol. The van der Waals surface area contributed by atoms with Gasteiger partial charge < -0.3 is 5.32 Å². The van der Waals surface area contributed by atoms with Crippen LogP contribution in [-0.4, -0.2) is 11.5 Å². The summed E-state index contributed by atoms with van der Waals surface area (Å²) in [5, 5.41) is 4.39. The number of aromatic nitrogens is 1. The van der Waals surface area contributed by atoms with Crippen molar-refractivity contribution in [3.63, 3.8) is 0 Å². The SMILES string of the molecule is CC(C)(C)CNc1nc2cc(Br)ccc2s1. The standard InChI is InChI=1S/C12H15BrN2S/c1-12(2,3)7-14-11-15-9-6-8(13)4-5-10(9)16-11/h4-6H,7H2,1-3H3,(H,14,15). The third-order valence-electron chi connectivity index (χ3n) is 2.12. The Morgan fingerprint density at radius 1 is 1.38 bits per heavy atom. The highest BCUT2D eigenvalue weighted by Crippen LogP contribution is 2.28. The quantitative estimate of drug-likeness (QED) is 0.882. The Kier molecular flexibility index (Phi) is 3.22. The van der Waals surface area contributed by atoms with E-state index in [1.165, 1.54) is 4.70 Å². The van der Waals surface area contributed by atoms with Crippen LogP contribution in [0.1, 0.15) is 20.8 Å². The Morgan fingerprint density at radius 2 is 2.12 bits per heavy atom. The van der Waals surface area contributed by atoms with Crippen molar-refractivity contribution in [1.29, 1.82) is 0 Å². The lowest BCUT2D eigenvalue weighted by atomic mass is 9.97. The van der Waals surface area contributed by atoms with Gasteiger partial charge in [0, 0.05) is 11.0 Å². The molecule has 0 unspecified atom stereocenters. The number of thiazole rings is 1. The number of benzene rings is 1. The molecule has 1 aromatic heterocycles. The molecular formula is C12H15BrN2S. The molecule has 1 heterocycles. The topological polar surface area (TPSA) is 24.9 Å². The van der Waals surface area contributed by atoms with Crippen LogP contribution in [0.3, 0.4) is 0 Å². The first-order chi connectivity index (χ1) is 7.44. The first-order valence-corrected chi connectivity index (χ1v) is 6.85. The Balaban J connectivity index is 2.20. The van der Waals surface area contributed by atoms with Crippen molar-refractivity contribution in [2.45, 2.75) is 20.8 Å². The van der Waals surface area contributed by atoms with Crippen molar-refractivity contribution in [1.82, 2.24) is 4.98 Å². The highest BCUT2D eigenvalue weighted by atomic mass is 79.9. The van der Waals surface area contributed by atoms with Gasteiger partial charge in [-0.25, -0.2) is 4.98 Å². The summed E-state index contributed by atoms with van der Waals surface area (Å²) in [4.78, 5) is 4.55. The second-order valence-electron chi connectivity index (χ2n) is 5.05. The molecule has 86 valence electrons. The van der Waals surface area contributed by atoms with E-state index in [1.807, 2.05) is 12.1 Å². The largest absolute Gasteiger partial charge is 0.361 e. The highest BCUT2D eigenvalue weighted by Gasteiger charge is 2.11. The van der Waals surface area contributed by atoms with E-state index in [-0.39, 0.29) is 5.41 Å². The van der Waals surface area contributed by atoms with Gasteiger partial charge in [0.15, 0.2) is 5.13 Å². The number of fused-ring (bicyclic) bond motifs is 1. The van der Waals surface area contributed by atoms with Crippen molar-refractivity contribution in [2.24, 2.45) is 5.41 Å². The van der Waals surface area contributed by atoms with E-state index in [2.05, 4.69) is 53.1 Å². The first kappa shape index (κ1) is 11.9. The van der Waals surface area contributed by atoms with Crippen molar-refractivity contribution < 1.29 is 0 Å². The number of nitrogens with one attached hydrogen (secondary N) is 1. The van der Waals surface area contributed by atoms with Crippen LogP contribution in [0.4, 0.5) is 5.13 Å². The van der Waals surface area contributed by atoms with Gasteiger partial charge in [-0.2, -0.15) is 0 Å². The van der Waals surface area contributed by atoms with Crippen LogP contribution in [-0.2, 0) is 0 Å². The lowest BCUT2D eigenvalue weighted by Gasteiger charge is -2.17. The number of rotatable bonds is 2. The van der Waals surface area contributed by atoms with Gasteiger partial charge in [-0.3, -0.25) is 0 Å². The minimum Gasteiger partial charge on any atom is -0.361 e. The number of hydrogen-bond donors (Lipinski definition) is 1. The fourth-order valence-corrected chi connectivity index (χ4v) is 2.51. The third kappa shape index (κ3) is 2.95. The van der Waals surface area contributed by atoms with Gasteiger partial charge in [0.1, 0.15) is 0 Å². The van der Waals surface area contributed by atoms with Gasteiger partial charge in [-0.1, -0.05) is 48.0 Å². The zero-order chi connectivity index (χ0) is 11.8. The fraction of sp³-hybridized carbons (Fsp3) is 0.417. The van der Waals surface area contributed by atoms with Gasteiger partial charge in [-0.05, 0) is 23.6 Å². The summed E-state index contributed by atoms with van der Waals surface area (Å²) < 4.78 is 2.30. The van der Waals surface area contributed by atoms with Crippen molar-refractivity contribution >= 4 is 42.6 Å². The van der Waals surface area contributed by atoms with Gasteiger partial charge in [0.2, 0.25) is 0 Å². The van der Waals surface area contributed by atoms with E-state index >= 15 is 0 Å². The molecule has 0 aliphatic carbocycles. The third-order valence-corrected chi connectivity index (χ3v) is 3.61. The van der Waals surface area contributed by atoms with E-state index in [4.69, 9.17) is 0 Å². The summed E-state index contributed by atoms with van der Waals surface area (Å²) in [6, 6.07) is 6.20. The molecule has 0 aliphatic heterocycles. The maximum Gasteiger partial charge on any atom is 0.183 e. The normalized spacial score (nSPS) is 12.0. The second-order valence-corrected chi connectivity index (χ2v) is 6.99. The molecule has 16 heavy (non-hydrogen) atoms. The molecule has 2 nitrogen and oxygen atoms in total. The maximum atomic E-state index is 4.55. The van der Waals surface area contributed by atoms with Gasteiger partial charge in [0.05, 0.1) is 10.2 Å². The Hall–Kier alpha value is -0.610. The van der Waals surface area contributed by atoms with Crippen LogP contribution in [0.5, 0.6) is 0 Å². The molecule has 1 aromatic carbocycles. The molecule has 0 radical (unpaired) electrons. The lowest BCUT2D eigenvalue weighted by Crippen LogP contribution is -2.18. The van der Waals surface area contributed by atoms with Crippen LogP contribution in [0.25, 0.3) is 10.2 Å². The van der Waals surface area contributed by atoms with Crippen LogP contribution < -0.4 is 5.32 Å². The van der Waals surface area contributed by atoms with Crippen molar-refractivity contribution in [3.8, 4) is 0 Å². The van der Waals surface area contributed by atoms with E-state index in [9.17, 15) is 0 Å². The van der Waals surface area contributed by atoms with Crippen molar-refractivity contribution in [2.75, 3.05) is 11.9 Å². The molecule has 2 aromatic rings. The Morgan fingerprint density at radius 3 is 2.81 bits per heavy atom. The molecule has 2 rings (SSSR count). The van der Waals surface area contributed by atoms with Gasteiger partial charge in [0.25, 0.3) is 0 Å². The van der Waals surface area contributed by atoms with Gasteiger partial charge in [-0.15, -0.1) is 0 Å². The second kappa shape index (κ2) is 4.34. The molecule has 0 fully saturated rings. The Labute approximate surface area is 108 Å². The minimum atomic E-state index is 0.276. The van der Waals surface area contributed by atoms with Crippen LogP contribution in [0, 0.1) is 5.41 Å². The molecule has 0 aliphatic rings. The van der Waals surface area contributed by atoms with Crippen LogP contribution in [0.2, 0.25) is 0 Å². The highest BCUT2D eigenvalue weighted by molar-refractivity contribution is 9.10. The molecule has 0 bridgehead atoms.